The van der Waals surface area contributed by atoms with Crippen LogP contribution in [0, 0.1) is 17.3 Å². The first-order valence-corrected chi connectivity index (χ1v) is 10.5. The van der Waals surface area contributed by atoms with E-state index in [1.54, 1.807) is 0 Å². The number of amides is 1. The molecule has 142 valence electrons. The third kappa shape index (κ3) is 3.81. The zero-order chi connectivity index (χ0) is 18.0. The standard InChI is InChI=1S/C22H33N3O/c1-17-7-13-25(14-8-17)20(18-5-3-2-4-6-18)16-24-21(26)19-15-22(19)9-11-23-12-10-22/h2-6,17,19-20,23H,7-16H2,1H3,(H,24,26). The quantitative estimate of drug-likeness (QED) is 0.853. The molecular formula is C22H33N3O. The molecule has 2 aliphatic heterocycles. The Morgan fingerprint density at radius 3 is 2.62 bits per heavy atom. The molecule has 2 N–H and O–H groups in total. The minimum atomic E-state index is 0.252. The summed E-state index contributed by atoms with van der Waals surface area (Å²) in [6.45, 7) is 7.50. The van der Waals surface area contributed by atoms with Gasteiger partial charge in [-0.3, -0.25) is 9.69 Å². The fourth-order valence-corrected chi connectivity index (χ4v) is 4.99. The van der Waals surface area contributed by atoms with Crippen molar-refractivity contribution in [1.29, 1.82) is 0 Å². The predicted molar refractivity (Wildman–Crippen MR) is 105 cm³/mol. The molecule has 3 fully saturated rings. The number of piperidine rings is 2. The van der Waals surface area contributed by atoms with Gasteiger partial charge in [0.05, 0.1) is 6.04 Å². The number of rotatable bonds is 5. The summed E-state index contributed by atoms with van der Waals surface area (Å²) in [6.07, 6.45) is 5.94. The van der Waals surface area contributed by atoms with E-state index < -0.39 is 0 Å². The van der Waals surface area contributed by atoms with Crippen LogP contribution in [-0.2, 0) is 4.79 Å². The molecule has 1 amide bonds. The molecule has 2 unspecified atom stereocenters. The number of carbonyl (C=O) groups excluding carboxylic acids is 1. The minimum absolute atomic E-state index is 0.252. The molecule has 0 bridgehead atoms. The second-order valence-electron chi connectivity index (χ2n) is 8.76. The van der Waals surface area contributed by atoms with E-state index >= 15 is 0 Å². The van der Waals surface area contributed by atoms with Crippen molar-refractivity contribution in [3.63, 3.8) is 0 Å². The average molecular weight is 356 g/mol. The third-order valence-electron chi connectivity index (χ3n) is 7.02. The Balaban J connectivity index is 1.38. The summed E-state index contributed by atoms with van der Waals surface area (Å²) < 4.78 is 0. The molecule has 1 aliphatic carbocycles. The van der Waals surface area contributed by atoms with E-state index in [0.29, 0.717) is 17.4 Å². The van der Waals surface area contributed by atoms with Crippen LogP contribution >= 0.6 is 0 Å². The number of carbonyl (C=O) groups is 1. The highest BCUT2D eigenvalue weighted by atomic mass is 16.2. The lowest BCUT2D eigenvalue weighted by Crippen LogP contribution is -2.42. The average Bonchev–Trinajstić information content (AvgIpc) is 3.37. The molecule has 4 heteroatoms. The third-order valence-corrected chi connectivity index (χ3v) is 7.02. The van der Waals surface area contributed by atoms with Gasteiger partial charge in [0.2, 0.25) is 5.91 Å². The van der Waals surface area contributed by atoms with Gasteiger partial charge in [-0.25, -0.2) is 0 Å². The van der Waals surface area contributed by atoms with Crippen LogP contribution < -0.4 is 10.6 Å². The van der Waals surface area contributed by atoms with Crippen LogP contribution in [-0.4, -0.2) is 43.5 Å². The summed E-state index contributed by atoms with van der Waals surface area (Å²) >= 11 is 0. The maximum Gasteiger partial charge on any atom is 0.223 e. The largest absolute Gasteiger partial charge is 0.354 e. The van der Waals surface area contributed by atoms with Crippen molar-refractivity contribution in [2.24, 2.45) is 17.3 Å². The van der Waals surface area contributed by atoms with Gasteiger partial charge in [-0.05, 0) is 75.2 Å². The van der Waals surface area contributed by atoms with Crippen molar-refractivity contribution >= 4 is 5.91 Å². The molecule has 1 spiro atoms. The summed E-state index contributed by atoms with van der Waals surface area (Å²) in [5, 5.41) is 6.74. The molecule has 0 aromatic heterocycles. The Bertz CT molecular complexity index is 603. The zero-order valence-corrected chi connectivity index (χ0v) is 16.0. The Morgan fingerprint density at radius 2 is 1.92 bits per heavy atom. The van der Waals surface area contributed by atoms with Gasteiger partial charge in [0.1, 0.15) is 0 Å². The first-order chi connectivity index (χ1) is 12.7. The van der Waals surface area contributed by atoms with Crippen LogP contribution in [0.4, 0.5) is 0 Å². The molecule has 3 aliphatic rings. The maximum atomic E-state index is 12.8. The maximum absolute atomic E-state index is 12.8. The van der Waals surface area contributed by atoms with E-state index in [1.807, 2.05) is 0 Å². The first-order valence-electron chi connectivity index (χ1n) is 10.5. The summed E-state index contributed by atoms with van der Waals surface area (Å²) in [5.74, 6) is 1.36. The molecule has 0 radical (unpaired) electrons. The zero-order valence-electron chi connectivity index (χ0n) is 16.0. The van der Waals surface area contributed by atoms with Crippen LogP contribution in [0.1, 0.15) is 50.6 Å². The predicted octanol–water partition coefficient (Wildman–Crippen LogP) is 2.97. The fourth-order valence-electron chi connectivity index (χ4n) is 4.99. The van der Waals surface area contributed by atoms with Crippen LogP contribution in [0.3, 0.4) is 0 Å². The number of benzene rings is 1. The summed E-state index contributed by atoms with van der Waals surface area (Å²) in [5.41, 5.74) is 1.65. The van der Waals surface area contributed by atoms with Gasteiger partial charge in [-0.2, -0.15) is 0 Å². The normalized spacial score (nSPS) is 27.2. The van der Waals surface area contributed by atoms with E-state index in [1.165, 1.54) is 18.4 Å². The molecular weight excluding hydrogens is 322 g/mol. The summed E-state index contributed by atoms with van der Waals surface area (Å²) in [7, 11) is 0. The van der Waals surface area contributed by atoms with Gasteiger partial charge < -0.3 is 10.6 Å². The number of hydrogen-bond donors (Lipinski definition) is 2. The van der Waals surface area contributed by atoms with Gasteiger partial charge in [0.25, 0.3) is 0 Å². The summed E-state index contributed by atoms with van der Waals surface area (Å²) in [6, 6.07) is 11.0. The monoisotopic (exact) mass is 355 g/mol. The highest BCUT2D eigenvalue weighted by Crippen LogP contribution is 2.58. The lowest BCUT2D eigenvalue weighted by atomic mass is 9.91. The fraction of sp³-hybridized carbons (Fsp3) is 0.682. The SMILES string of the molecule is CC1CCN(C(CNC(=O)C2CC23CCNCC3)c2ccccc2)CC1. The topological polar surface area (TPSA) is 44.4 Å². The molecule has 26 heavy (non-hydrogen) atoms. The van der Waals surface area contributed by atoms with Crippen LogP contribution in [0.15, 0.2) is 30.3 Å². The number of nitrogens with zero attached hydrogens (tertiary/aromatic N) is 1. The second-order valence-corrected chi connectivity index (χ2v) is 8.76. The van der Waals surface area contributed by atoms with Crippen molar-refractivity contribution in [2.75, 3.05) is 32.7 Å². The number of likely N-dealkylation sites (tertiary alicyclic amines) is 1. The molecule has 2 atom stereocenters. The van der Waals surface area contributed by atoms with Crippen LogP contribution in [0.25, 0.3) is 0 Å². The van der Waals surface area contributed by atoms with Gasteiger partial charge in [0.15, 0.2) is 0 Å². The molecule has 1 aromatic rings. The van der Waals surface area contributed by atoms with Crippen molar-refractivity contribution in [3.8, 4) is 0 Å². The molecule has 1 aromatic carbocycles. The van der Waals surface area contributed by atoms with Crippen molar-refractivity contribution in [2.45, 2.75) is 45.1 Å². The van der Waals surface area contributed by atoms with Crippen molar-refractivity contribution in [3.05, 3.63) is 35.9 Å². The Morgan fingerprint density at radius 1 is 1.23 bits per heavy atom. The molecule has 2 heterocycles. The molecule has 4 nitrogen and oxygen atoms in total. The Labute approximate surface area is 157 Å². The number of hydrogen-bond acceptors (Lipinski definition) is 3. The highest BCUT2D eigenvalue weighted by molar-refractivity contribution is 5.82. The Kier molecular flexibility index (Phi) is 5.32. The van der Waals surface area contributed by atoms with E-state index in [4.69, 9.17) is 0 Å². The lowest BCUT2D eigenvalue weighted by Gasteiger charge is -2.37. The second kappa shape index (κ2) is 7.69. The van der Waals surface area contributed by atoms with E-state index in [0.717, 1.165) is 57.9 Å². The van der Waals surface area contributed by atoms with E-state index in [9.17, 15) is 4.79 Å². The molecule has 2 saturated heterocycles. The van der Waals surface area contributed by atoms with Crippen molar-refractivity contribution < 1.29 is 4.79 Å². The summed E-state index contributed by atoms with van der Waals surface area (Å²) in [4.78, 5) is 15.4. The van der Waals surface area contributed by atoms with Gasteiger partial charge >= 0.3 is 0 Å². The molecule has 4 rings (SSSR count). The lowest BCUT2D eigenvalue weighted by molar-refractivity contribution is -0.123. The van der Waals surface area contributed by atoms with Gasteiger partial charge in [0, 0.05) is 12.5 Å². The van der Waals surface area contributed by atoms with Gasteiger partial charge in [-0.15, -0.1) is 0 Å². The first kappa shape index (κ1) is 18.0. The van der Waals surface area contributed by atoms with Gasteiger partial charge in [-0.1, -0.05) is 37.3 Å². The minimum Gasteiger partial charge on any atom is -0.354 e. The smallest absolute Gasteiger partial charge is 0.223 e. The number of nitrogens with one attached hydrogen (secondary N) is 2. The van der Waals surface area contributed by atoms with Crippen LogP contribution in [0.5, 0.6) is 0 Å². The molecule has 1 saturated carbocycles. The van der Waals surface area contributed by atoms with E-state index in [-0.39, 0.29) is 5.92 Å². The van der Waals surface area contributed by atoms with Crippen molar-refractivity contribution in [1.82, 2.24) is 15.5 Å². The Hall–Kier alpha value is -1.39. The van der Waals surface area contributed by atoms with E-state index in [2.05, 4.69) is 52.8 Å². The highest BCUT2D eigenvalue weighted by Gasteiger charge is 2.57. The van der Waals surface area contributed by atoms with Crippen LogP contribution in [0.2, 0.25) is 0 Å².